The number of nitrogens with zero attached hydrogens (tertiary/aromatic N) is 2. The van der Waals surface area contributed by atoms with Crippen LogP contribution in [0.5, 0.6) is 0 Å². The van der Waals surface area contributed by atoms with E-state index in [0.717, 1.165) is 54.3 Å². The van der Waals surface area contributed by atoms with Gasteiger partial charge in [0.1, 0.15) is 5.76 Å². The number of aliphatic hydroxyl groups is 1. The molecule has 1 radical (unpaired) electrons. The van der Waals surface area contributed by atoms with Crippen molar-refractivity contribution in [3.63, 3.8) is 0 Å². The fraction of sp³-hybridized carbons (Fsp3) is 0.444. The Morgan fingerprint density at radius 1 is 0.902 bits per heavy atom. The molecular weight excluding hydrogens is 825 g/mol. The van der Waals surface area contributed by atoms with Crippen LogP contribution in [0.2, 0.25) is 0 Å². The summed E-state index contributed by atoms with van der Waals surface area (Å²) in [6.07, 6.45) is 11.7. The van der Waals surface area contributed by atoms with Crippen LogP contribution in [0.3, 0.4) is 0 Å². The van der Waals surface area contributed by atoms with E-state index in [1.807, 2.05) is 71.5 Å². The minimum absolute atomic E-state index is 0. The first-order chi connectivity index (χ1) is 23.6. The molecule has 6 heteroatoms. The number of hydrogen-bond acceptors (Lipinski definition) is 5. The molecule has 51 heavy (non-hydrogen) atoms. The maximum atomic E-state index is 12.2. The molecule has 5 aromatic rings. The molecule has 0 aliphatic carbocycles. The van der Waals surface area contributed by atoms with E-state index in [9.17, 15) is 9.90 Å². The minimum atomic E-state index is -0.337. The number of aromatic nitrogens is 2. The van der Waals surface area contributed by atoms with E-state index in [1.54, 1.807) is 0 Å². The zero-order valence-electron chi connectivity index (χ0n) is 32.5. The molecule has 0 aliphatic rings. The fourth-order valence-corrected chi connectivity index (χ4v) is 7.52. The number of hydrogen-bond donors (Lipinski definition) is 1. The average Bonchev–Trinajstić information content (AvgIpc) is 3.52. The third kappa shape index (κ3) is 9.83. The van der Waals surface area contributed by atoms with Crippen LogP contribution in [0, 0.1) is 22.8 Å². The molecule has 275 valence electrons. The Kier molecular flexibility index (Phi) is 14.5. The summed E-state index contributed by atoms with van der Waals surface area (Å²) < 4.78 is 1.30. The van der Waals surface area contributed by atoms with Gasteiger partial charge in [0.15, 0.2) is 5.78 Å². The van der Waals surface area contributed by atoms with Crippen molar-refractivity contribution in [3.8, 4) is 22.4 Å². The second kappa shape index (κ2) is 17.6. The maximum Gasteiger partial charge on any atom is 0.164 e. The van der Waals surface area contributed by atoms with E-state index in [1.165, 1.54) is 37.6 Å². The smallest absolute Gasteiger partial charge is 0.164 e. The Morgan fingerprint density at radius 3 is 2.16 bits per heavy atom. The number of aliphatic hydroxyl groups excluding tert-OH is 1. The van der Waals surface area contributed by atoms with Crippen molar-refractivity contribution < 1.29 is 30.0 Å². The second-order valence-corrected chi connectivity index (χ2v) is 16.8. The van der Waals surface area contributed by atoms with Gasteiger partial charge in [0.05, 0.1) is 0 Å². The van der Waals surface area contributed by atoms with Crippen LogP contribution in [-0.4, -0.2) is 20.9 Å². The number of benzene rings is 2. The largest absolute Gasteiger partial charge is 0.512 e. The topological polar surface area (TPSA) is 63.1 Å². The van der Waals surface area contributed by atoms with E-state index >= 15 is 0 Å². The molecular formula is C45H57IrN2O2S-. The van der Waals surface area contributed by atoms with Crippen molar-refractivity contribution in [1.82, 2.24) is 9.97 Å². The van der Waals surface area contributed by atoms with E-state index in [0.29, 0.717) is 5.92 Å². The van der Waals surface area contributed by atoms with Gasteiger partial charge >= 0.3 is 0 Å². The van der Waals surface area contributed by atoms with Crippen LogP contribution >= 0.6 is 11.3 Å². The second-order valence-electron chi connectivity index (χ2n) is 15.7. The van der Waals surface area contributed by atoms with Crippen LogP contribution in [0.25, 0.3) is 43.2 Å². The van der Waals surface area contributed by atoms with Crippen LogP contribution in [-0.2, 0) is 36.7 Å². The van der Waals surface area contributed by atoms with Gasteiger partial charge in [-0.2, -0.15) is 0 Å². The molecule has 1 N–H and O–H groups in total. The van der Waals surface area contributed by atoms with Crippen LogP contribution in [0.4, 0.5) is 0 Å². The molecule has 0 aliphatic heterocycles. The number of rotatable bonds is 11. The van der Waals surface area contributed by atoms with Crippen molar-refractivity contribution >= 4 is 38.0 Å². The number of pyridine rings is 2. The zero-order chi connectivity index (χ0) is 36.9. The average molecular weight is 882 g/mol. The Hall–Kier alpha value is -3.18. The first-order valence-corrected chi connectivity index (χ1v) is 19.1. The monoisotopic (exact) mass is 882 g/mol. The van der Waals surface area contributed by atoms with Gasteiger partial charge in [0, 0.05) is 81.8 Å². The molecule has 3 heterocycles. The normalized spacial score (nSPS) is 12.5. The number of carbonyl (C=O) groups is 1. The molecule has 0 saturated heterocycles. The van der Waals surface area contributed by atoms with Crippen molar-refractivity contribution in [2.45, 2.75) is 114 Å². The number of ketones is 1. The zero-order valence-corrected chi connectivity index (χ0v) is 35.7. The molecule has 2 aromatic carbocycles. The van der Waals surface area contributed by atoms with E-state index in [2.05, 4.69) is 94.2 Å². The van der Waals surface area contributed by atoms with Gasteiger partial charge in [-0.15, -0.1) is 40.5 Å². The molecule has 0 fully saturated rings. The Balaban J connectivity index is 0.000000335. The first-order valence-electron chi connectivity index (χ1n) is 18.3. The van der Waals surface area contributed by atoms with Crippen molar-refractivity contribution in [3.05, 3.63) is 95.5 Å². The summed E-state index contributed by atoms with van der Waals surface area (Å²) in [4.78, 5) is 22.9. The molecule has 0 saturated carbocycles. The Morgan fingerprint density at radius 2 is 1.55 bits per heavy atom. The number of carbonyl (C=O) groups excluding carboxylic acids is 1. The predicted octanol–water partition coefficient (Wildman–Crippen LogP) is 13.1. The summed E-state index contributed by atoms with van der Waals surface area (Å²) in [6, 6.07) is 21.0. The quantitative estimate of drug-likeness (QED) is 0.0815. The molecule has 0 spiro atoms. The van der Waals surface area contributed by atoms with Crippen LogP contribution in [0.1, 0.15) is 112 Å². The maximum absolute atomic E-state index is 12.2. The van der Waals surface area contributed by atoms with Crippen LogP contribution in [0.15, 0.2) is 79.0 Å². The molecule has 0 unspecified atom stereocenters. The summed E-state index contributed by atoms with van der Waals surface area (Å²) in [5, 5.41) is 13.7. The van der Waals surface area contributed by atoms with Gasteiger partial charge < -0.3 is 5.11 Å². The van der Waals surface area contributed by atoms with Gasteiger partial charge in [-0.05, 0) is 61.1 Å². The minimum Gasteiger partial charge on any atom is -0.512 e. The summed E-state index contributed by atoms with van der Waals surface area (Å²) in [5.74, 6) is 0.927. The van der Waals surface area contributed by atoms with Gasteiger partial charge in [0.2, 0.25) is 0 Å². The Bertz CT molecular complexity index is 1960. The van der Waals surface area contributed by atoms with Crippen molar-refractivity contribution in [2.75, 3.05) is 0 Å². The van der Waals surface area contributed by atoms with E-state index in [-0.39, 0.29) is 47.9 Å². The summed E-state index contributed by atoms with van der Waals surface area (Å²) in [6.45, 7) is 23.4. The van der Waals surface area contributed by atoms with E-state index < -0.39 is 0 Å². The van der Waals surface area contributed by atoms with Crippen LogP contribution < -0.4 is 0 Å². The number of allylic oxidation sites excluding steroid dienone is 2. The summed E-state index contributed by atoms with van der Waals surface area (Å²) in [5.41, 5.74) is 5.05. The molecule has 0 bridgehead atoms. The predicted molar refractivity (Wildman–Crippen MR) is 215 cm³/mol. The van der Waals surface area contributed by atoms with Gasteiger partial charge in [-0.1, -0.05) is 111 Å². The summed E-state index contributed by atoms with van der Waals surface area (Å²) in [7, 11) is 0. The van der Waals surface area contributed by atoms with Crippen molar-refractivity contribution in [2.24, 2.45) is 16.7 Å². The van der Waals surface area contributed by atoms with Gasteiger partial charge in [0.25, 0.3) is 0 Å². The molecule has 4 nitrogen and oxygen atoms in total. The third-order valence-electron chi connectivity index (χ3n) is 10.6. The molecule has 0 amide bonds. The van der Waals surface area contributed by atoms with Gasteiger partial charge in [-0.3, -0.25) is 14.8 Å². The first kappa shape index (κ1) is 42.2. The fourth-order valence-electron chi connectivity index (χ4n) is 6.14. The Labute approximate surface area is 324 Å². The number of thiophene rings is 1. The van der Waals surface area contributed by atoms with Crippen molar-refractivity contribution in [1.29, 1.82) is 0 Å². The van der Waals surface area contributed by atoms with Gasteiger partial charge in [-0.25, -0.2) is 0 Å². The summed E-state index contributed by atoms with van der Waals surface area (Å²) >= 11 is 1.89. The number of fused-ring (bicyclic) bond motifs is 2. The SMILES string of the molecule is CC(C)Cc1cc2cncc(-c3ccnc(-c4[c-]c5ccccc5c(C(C)(C)C)c4)c3)c2s1.CCC(C)(CC)C(=O)/C=C(\O)C(C)(CC)CC.[Ir]. The standard InChI is InChI=1S/C30H29N2S.C15H28O2.Ir/c1-19(2)12-24-14-23-17-31-18-26(29(23)33-24)21-10-11-32-28(16-21)22-13-20-8-6-7-9-25(20)27(15-22)30(3,4)5;1-7-14(5,8-2)12(16)11-13(17)15(6,9-3)10-4;/h6-11,14-19H,12H2,1-5H3;11,16H,7-10H2,1-6H3;/q-1;;/b;12-11-;. The molecule has 0 atom stereocenters. The molecule has 5 rings (SSSR count). The van der Waals surface area contributed by atoms with E-state index in [4.69, 9.17) is 4.98 Å². The molecule has 3 aromatic heterocycles. The third-order valence-corrected chi connectivity index (χ3v) is 11.8.